The van der Waals surface area contributed by atoms with Crippen molar-refractivity contribution in [2.45, 2.75) is 401 Å². The lowest BCUT2D eigenvalue weighted by molar-refractivity contribution is -0.161. The summed E-state index contributed by atoms with van der Waals surface area (Å²) in [6, 6.07) is 0. The van der Waals surface area contributed by atoms with Gasteiger partial charge in [0.1, 0.15) is 19.3 Å². The maximum atomic E-state index is 13.1. The third-order valence-electron chi connectivity index (χ3n) is 18.1. The summed E-state index contributed by atoms with van der Waals surface area (Å²) >= 11 is 0. The number of phosphoric ester groups is 2. The van der Waals surface area contributed by atoms with Gasteiger partial charge in [0.15, 0.2) is 12.2 Å². The summed E-state index contributed by atoms with van der Waals surface area (Å²) in [5.74, 6) is 0.143. The van der Waals surface area contributed by atoms with Gasteiger partial charge in [0.05, 0.1) is 26.4 Å². The van der Waals surface area contributed by atoms with Crippen LogP contribution in [0, 0.1) is 17.8 Å². The SMILES string of the molecule is CCCCCC/C=C\C=C/CCCCCCCC(=O)O[C@H](COC(=O)CCCCCCCCCCCCCCCCCCCCC(C)CC)COP(=O)(O)OCC(O)COP(=O)(O)OC[C@@H](COC(=O)CCCCCCCCCC(C)C)OC(=O)CCCCCCCCCCC(C)C. The smallest absolute Gasteiger partial charge is 0.462 e. The van der Waals surface area contributed by atoms with Crippen molar-refractivity contribution in [1.82, 2.24) is 0 Å². The maximum absolute atomic E-state index is 13.1. The summed E-state index contributed by atoms with van der Waals surface area (Å²) in [7, 11) is -9.93. The highest BCUT2D eigenvalue weighted by molar-refractivity contribution is 7.47. The van der Waals surface area contributed by atoms with Crippen LogP contribution >= 0.6 is 15.6 Å². The minimum atomic E-state index is -4.97. The van der Waals surface area contributed by atoms with Crippen LogP contribution in [0.25, 0.3) is 0 Å². The van der Waals surface area contributed by atoms with E-state index in [-0.39, 0.29) is 25.7 Å². The van der Waals surface area contributed by atoms with Gasteiger partial charge in [-0.25, -0.2) is 9.13 Å². The van der Waals surface area contributed by atoms with Crippen LogP contribution in [-0.2, 0) is 65.4 Å². The molecule has 0 aliphatic carbocycles. The number of aliphatic hydroxyl groups is 1. The largest absolute Gasteiger partial charge is 0.472 e. The molecule has 19 heteroatoms. The number of hydrogen-bond acceptors (Lipinski definition) is 15. The number of carbonyl (C=O) groups is 4. The first-order chi connectivity index (χ1) is 47.3. The molecule has 0 aliphatic heterocycles. The minimum Gasteiger partial charge on any atom is -0.462 e. The van der Waals surface area contributed by atoms with Crippen molar-refractivity contribution in [1.29, 1.82) is 0 Å². The maximum Gasteiger partial charge on any atom is 0.472 e. The summed E-state index contributed by atoms with van der Waals surface area (Å²) in [5.41, 5.74) is 0. The van der Waals surface area contributed by atoms with Crippen molar-refractivity contribution in [2.24, 2.45) is 17.8 Å². The molecular weight excluding hydrogens is 1280 g/mol. The Morgan fingerprint density at radius 1 is 0.337 bits per heavy atom. The Morgan fingerprint density at radius 3 is 0.908 bits per heavy atom. The molecule has 17 nitrogen and oxygen atoms in total. The zero-order valence-electron chi connectivity index (χ0n) is 63.7. The summed E-state index contributed by atoms with van der Waals surface area (Å²) in [6.45, 7) is 11.8. The predicted molar refractivity (Wildman–Crippen MR) is 400 cm³/mol. The molecule has 0 spiro atoms. The van der Waals surface area contributed by atoms with E-state index in [2.05, 4.69) is 72.8 Å². The van der Waals surface area contributed by atoms with Gasteiger partial charge in [-0.1, -0.05) is 330 Å². The summed E-state index contributed by atoms with van der Waals surface area (Å²) in [4.78, 5) is 72.8. The number of aliphatic hydroxyl groups excluding tert-OH is 1. The molecule has 0 heterocycles. The lowest BCUT2D eigenvalue weighted by Gasteiger charge is -2.21. The lowest BCUT2D eigenvalue weighted by Crippen LogP contribution is -2.30. The van der Waals surface area contributed by atoms with E-state index in [1.807, 2.05) is 0 Å². The Hall–Kier alpha value is -2.46. The van der Waals surface area contributed by atoms with E-state index in [1.165, 1.54) is 173 Å². The standard InChI is InChI=1S/C79H150O17P2/c1-8-10-11-12-13-14-15-16-21-26-29-32-40-48-55-62-78(83)95-74(66-89-76(81)60-53-46-39-31-28-25-23-20-18-17-19-22-24-27-30-38-45-52-59-72(7)9-2)68-93-97(85,86)91-64-73(80)65-92-98(87,88)94-69-75(67-90-77(82)61-54-47-42-35-37-44-51-58-71(5)6)96-79(84)63-56-49-41-34-33-36-43-50-57-70(3)4/h14-16,21,70-75,80H,8-13,17-20,22-69H2,1-7H3,(H,85,86)(H,87,88)/b15-14-,21-16-/t72?,73?,74-,75-/m1/s1. The summed E-state index contributed by atoms with van der Waals surface area (Å²) < 4.78 is 68.5. The van der Waals surface area contributed by atoms with E-state index in [4.69, 9.17) is 37.0 Å². The van der Waals surface area contributed by atoms with Gasteiger partial charge in [-0.3, -0.25) is 37.3 Å². The highest BCUT2D eigenvalue weighted by Gasteiger charge is 2.30. The number of ether oxygens (including phenoxy) is 4. The van der Waals surface area contributed by atoms with Gasteiger partial charge in [-0.15, -0.1) is 0 Å². The van der Waals surface area contributed by atoms with Crippen LogP contribution in [-0.4, -0.2) is 96.7 Å². The second-order valence-corrected chi connectivity index (χ2v) is 31.9. The Morgan fingerprint density at radius 2 is 0.602 bits per heavy atom. The van der Waals surface area contributed by atoms with E-state index in [0.29, 0.717) is 37.5 Å². The summed E-state index contributed by atoms with van der Waals surface area (Å²) in [5, 5.41) is 10.6. The van der Waals surface area contributed by atoms with Crippen molar-refractivity contribution in [3.63, 3.8) is 0 Å². The molecule has 578 valence electrons. The third-order valence-corrected chi connectivity index (χ3v) is 20.0. The van der Waals surface area contributed by atoms with Crippen molar-refractivity contribution in [3.05, 3.63) is 24.3 Å². The van der Waals surface area contributed by atoms with Gasteiger partial charge in [-0.05, 0) is 69.1 Å². The van der Waals surface area contributed by atoms with Crippen LogP contribution in [0.5, 0.6) is 0 Å². The molecule has 0 aliphatic rings. The van der Waals surface area contributed by atoms with E-state index in [0.717, 1.165) is 115 Å². The minimum absolute atomic E-state index is 0.0851. The monoisotopic (exact) mass is 1430 g/mol. The first kappa shape index (κ1) is 95.5. The normalized spacial score (nSPS) is 14.4. The van der Waals surface area contributed by atoms with Crippen molar-refractivity contribution < 1.29 is 80.2 Å². The number of carbonyl (C=O) groups excluding carboxylic acids is 4. The Balaban J connectivity index is 5.21. The predicted octanol–water partition coefficient (Wildman–Crippen LogP) is 22.9. The average Bonchev–Trinajstić information content (AvgIpc) is 1.01. The van der Waals surface area contributed by atoms with Gasteiger partial charge >= 0.3 is 39.5 Å². The van der Waals surface area contributed by atoms with Crippen LogP contribution in [0.3, 0.4) is 0 Å². The van der Waals surface area contributed by atoms with Gasteiger partial charge in [0, 0.05) is 25.7 Å². The van der Waals surface area contributed by atoms with Crippen LogP contribution < -0.4 is 0 Å². The molecule has 3 N–H and O–H groups in total. The highest BCUT2D eigenvalue weighted by Crippen LogP contribution is 2.45. The zero-order valence-corrected chi connectivity index (χ0v) is 65.5. The van der Waals surface area contributed by atoms with Crippen LogP contribution in [0.1, 0.15) is 382 Å². The quantitative estimate of drug-likeness (QED) is 0.0169. The molecule has 0 saturated heterocycles. The molecular formula is C79H150O17P2. The molecule has 6 atom stereocenters. The molecule has 0 bridgehead atoms. The van der Waals surface area contributed by atoms with Gasteiger partial charge in [0.2, 0.25) is 0 Å². The van der Waals surface area contributed by atoms with Crippen LogP contribution in [0.15, 0.2) is 24.3 Å². The van der Waals surface area contributed by atoms with Gasteiger partial charge in [0.25, 0.3) is 0 Å². The number of esters is 4. The second-order valence-electron chi connectivity index (χ2n) is 29.0. The van der Waals surface area contributed by atoms with E-state index < -0.39 is 97.5 Å². The molecule has 0 aromatic rings. The second kappa shape index (κ2) is 68.9. The van der Waals surface area contributed by atoms with Crippen molar-refractivity contribution in [3.8, 4) is 0 Å². The number of unbranched alkanes of at least 4 members (excludes halogenated alkanes) is 39. The molecule has 0 aromatic carbocycles. The number of phosphoric acid groups is 2. The molecule has 0 aromatic heterocycles. The molecule has 0 fully saturated rings. The van der Waals surface area contributed by atoms with Gasteiger partial charge in [-0.2, -0.15) is 0 Å². The average molecular weight is 1430 g/mol. The topological polar surface area (TPSA) is 237 Å². The Bertz CT molecular complexity index is 2000. The molecule has 0 saturated carbocycles. The van der Waals surface area contributed by atoms with Crippen molar-refractivity contribution >= 4 is 39.5 Å². The highest BCUT2D eigenvalue weighted by atomic mass is 31.2. The number of allylic oxidation sites excluding steroid dienone is 4. The van der Waals surface area contributed by atoms with E-state index in [1.54, 1.807) is 0 Å². The van der Waals surface area contributed by atoms with Gasteiger partial charge < -0.3 is 33.8 Å². The lowest BCUT2D eigenvalue weighted by atomic mass is 9.99. The fourth-order valence-electron chi connectivity index (χ4n) is 11.6. The molecule has 0 rings (SSSR count). The zero-order chi connectivity index (χ0) is 72.3. The van der Waals surface area contributed by atoms with Crippen molar-refractivity contribution in [2.75, 3.05) is 39.6 Å². The number of hydrogen-bond donors (Lipinski definition) is 3. The fraction of sp³-hybridized carbons (Fsp3) is 0.899. The van der Waals surface area contributed by atoms with E-state index in [9.17, 15) is 43.2 Å². The molecule has 98 heavy (non-hydrogen) atoms. The molecule has 0 radical (unpaired) electrons. The fourth-order valence-corrected chi connectivity index (χ4v) is 13.1. The molecule has 4 unspecified atom stereocenters. The molecule has 0 amide bonds. The Labute approximate surface area is 599 Å². The van der Waals surface area contributed by atoms with Crippen LogP contribution in [0.4, 0.5) is 0 Å². The van der Waals surface area contributed by atoms with E-state index >= 15 is 0 Å². The third kappa shape index (κ3) is 70.6. The summed E-state index contributed by atoms with van der Waals surface area (Å²) in [6.07, 6.45) is 59.3. The Kier molecular flexibility index (Phi) is 67.2. The number of rotatable bonds is 75. The first-order valence-corrected chi connectivity index (χ1v) is 43.2. The first-order valence-electron chi connectivity index (χ1n) is 40.2. The van der Waals surface area contributed by atoms with Crippen LogP contribution in [0.2, 0.25) is 0 Å².